The monoisotopic (exact) mass is 262 g/mol. The molecule has 1 fully saturated rings. The molecule has 3 heteroatoms. The second-order valence-electron chi connectivity index (χ2n) is 5.25. The van der Waals surface area contributed by atoms with E-state index in [0.717, 1.165) is 25.9 Å². The Morgan fingerprint density at radius 2 is 2.16 bits per heavy atom. The molecule has 2 rings (SSSR count). The lowest BCUT2D eigenvalue weighted by molar-refractivity contribution is 0.266. The van der Waals surface area contributed by atoms with Crippen LogP contribution in [-0.2, 0) is 0 Å². The van der Waals surface area contributed by atoms with E-state index in [0.29, 0.717) is 12.1 Å². The smallest absolute Gasteiger partial charge is 0.0635 e. The van der Waals surface area contributed by atoms with Crippen molar-refractivity contribution in [2.24, 2.45) is 0 Å². The van der Waals surface area contributed by atoms with Crippen molar-refractivity contribution in [2.75, 3.05) is 24.6 Å². The average Bonchev–Trinajstić information content (AvgIpc) is 2.93. The Morgan fingerprint density at radius 1 is 1.37 bits per heavy atom. The number of hydrogen-bond acceptors (Lipinski definition) is 3. The number of para-hydroxylation sites is 1. The van der Waals surface area contributed by atoms with Crippen LogP contribution in [0.4, 0.5) is 5.69 Å². The first-order valence-electron chi connectivity index (χ1n) is 7.51. The van der Waals surface area contributed by atoms with Gasteiger partial charge < -0.3 is 15.3 Å². The van der Waals surface area contributed by atoms with E-state index in [9.17, 15) is 5.11 Å². The molecule has 1 heterocycles. The maximum Gasteiger partial charge on any atom is 0.0635 e. The zero-order valence-corrected chi connectivity index (χ0v) is 12.1. The van der Waals surface area contributed by atoms with Gasteiger partial charge in [0.05, 0.1) is 12.6 Å². The van der Waals surface area contributed by atoms with Crippen LogP contribution in [0.25, 0.3) is 0 Å². The quantitative estimate of drug-likeness (QED) is 0.827. The zero-order chi connectivity index (χ0) is 13.7. The summed E-state index contributed by atoms with van der Waals surface area (Å²) in [7, 11) is 0. The molecule has 19 heavy (non-hydrogen) atoms. The predicted molar refractivity (Wildman–Crippen MR) is 80.6 cm³/mol. The van der Waals surface area contributed by atoms with Crippen molar-refractivity contribution >= 4 is 5.69 Å². The topological polar surface area (TPSA) is 35.5 Å². The van der Waals surface area contributed by atoms with Gasteiger partial charge in [-0.05, 0) is 37.4 Å². The van der Waals surface area contributed by atoms with Crippen LogP contribution in [0.5, 0.6) is 0 Å². The summed E-state index contributed by atoms with van der Waals surface area (Å²) >= 11 is 0. The average molecular weight is 262 g/mol. The molecular formula is C16H26N2O. The molecule has 1 saturated heterocycles. The minimum absolute atomic E-state index is 0.256. The molecule has 0 aromatic heterocycles. The highest BCUT2D eigenvalue weighted by molar-refractivity contribution is 5.56. The number of hydrogen-bond donors (Lipinski definition) is 2. The van der Waals surface area contributed by atoms with E-state index >= 15 is 0 Å². The summed E-state index contributed by atoms with van der Waals surface area (Å²) in [6, 6.07) is 9.33. The minimum atomic E-state index is 0.256. The maximum atomic E-state index is 9.53. The first kappa shape index (κ1) is 14.4. The third kappa shape index (κ3) is 3.10. The Kier molecular flexibility index (Phi) is 5.23. The number of anilines is 1. The predicted octanol–water partition coefficient (Wildman–Crippen LogP) is 2.71. The molecule has 1 aromatic carbocycles. The SMILES string of the molecule is CCNC(CC)c1ccccc1N1CCCC1CO. The lowest BCUT2D eigenvalue weighted by Crippen LogP contribution is -2.34. The molecule has 0 amide bonds. The van der Waals surface area contributed by atoms with Crippen LogP contribution >= 0.6 is 0 Å². The lowest BCUT2D eigenvalue weighted by atomic mass is 10.0. The number of aliphatic hydroxyl groups is 1. The largest absolute Gasteiger partial charge is 0.394 e. The highest BCUT2D eigenvalue weighted by Gasteiger charge is 2.26. The third-order valence-electron chi connectivity index (χ3n) is 4.07. The van der Waals surface area contributed by atoms with Crippen LogP contribution < -0.4 is 10.2 Å². The van der Waals surface area contributed by atoms with Crippen molar-refractivity contribution in [1.82, 2.24) is 5.32 Å². The summed E-state index contributed by atoms with van der Waals surface area (Å²) in [6.07, 6.45) is 3.36. The van der Waals surface area contributed by atoms with E-state index in [-0.39, 0.29) is 6.61 Å². The summed E-state index contributed by atoms with van der Waals surface area (Å²) in [5.74, 6) is 0. The zero-order valence-electron chi connectivity index (χ0n) is 12.1. The molecule has 106 valence electrons. The van der Waals surface area contributed by atoms with Gasteiger partial charge in [-0.3, -0.25) is 0 Å². The van der Waals surface area contributed by atoms with Crippen molar-refractivity contribution in [1.29, 1.82) is 0 Å². The van der Waals surface area contributed by atoms with E-state index in [2.05, 4.69) is 48.3 Å². The van der Waals surface area contributed by atoms with E-state index < -0.39 is 0 Å². The second kappa shape index (κ2) is 6.92. The van der Waals surface area contributed by atoms with Crippen LogP contribution in [-0.4, -0.2) is 30.8 Å². The van der Waals surface area contributed by atoms with E-state index in [4.69, 9.17) is 0 Å². The number of rotatable bonds is 6. The molecule has 2 unspecified atom stereocenters. The fraction of sp³-hybridized carbons (Fsp3) is 0.625. The first-order chi connectivity index (χ1) is 9.31. The van der Waals surface area contributed by atoms with Gasteiger partial charge >= 0.3 is 0 Å². The summed E-state index contributed by atoms with van der Waals surface area (Å²) in [6.45, 7) is 6.67. The van der Waals surface area contributed by atoms with Gasteiger partial charge in [-0.2, -0.15) is 0 Å². The van der Waals surface area contributed by atoms with Gasteiger partial charge in [-0.25, -0.2) is 0 Å². The van der Waals surface area contributed by atoms with Gasteiger partial charge in [0, 0.05) is 18.3 Å². The highest BCUT2D eigenvalue weighted by atomic mass is 16.3. The number of nitrogens with zero attached hydrogens (tertiary/aromatic N) is 1. The number of nitrogens with one attached hydrogen (secondary N) is 1. The van der Waals surface area contributed by atoms with Gasteiger partial charge in [0.15, 0.2) is 0 Å². The van der Waals surface area contributed by atoms with Crippen molar-refractivity contribution in [3.63, 3.8) is 0 Å². The van der Waals surface area contributed by atoms with Gasteiger partial charge in [0.2, 0.25) is 0 Å². The van der Waals surface area contributed by atoms with Crippen molar-refractivity contribution in [3.05, 3.63) is 29.8 Å². The van der Waals surface area contributed by atoms with Crippen molar-refractivity contribution in [2.45, 2.75) is 45.2 Å². The molecule has 0 saturated carbocycles. The third-order valence-corrected chi connectivity index (χ3v) is 4.07. The van der Waals surface area contributed by atoms with Crippen LogP contribution in [0, 0.1) is 0 Å². The molecule has 2 N–H and O–H groups in total. The Balaban J connectivity index is 2.29. The molecule has 3 nitrogen and oxygen atoms in total. The van der Waals surface area contributed by atoms with E-state index in [1.807, 2.05) is 0 Å². The minimum Gasteiger partial charge on any atom is -0.394 e. The molecule has 1 aromatic rings. The number of benzene rings is 1. The van der Waals surface area contributed by atoms with Gasteiger partial charge in [-0.15, -0.1) is 0 Å². The summed E-state index contributed by atoms with van der Waals surface area (Å²) < 4.78 is 0. The second-order valence-corrected chi connectivity index (χ2v) is 5.25. The molecule has 0 aliphatic carbocycles. The number of aliphatic hydroxyl groups excluding tert-OH is 1. The Hall–Kier alpha value is -1.06. The van der Waals surface area contributed by atoms with Crippen LogP contribution in [0.1, 0.15) is 44.7 Å². The molecule has 2 atom stereocenters. The molecule has 0 bridgehead atoms. The summed E-state index contributed by atoms with van der Waals surface area (Å²) in [4.78, 5) is 2.38. The van der Waals surface area contributed by atoms with Crippen molar-refractivity contribution in [3.8, 4) is 0 Å². The van der Waals surface area contributed by atoms with Crippen LogP contribution in [0.2, 0.25) is 0 Å². The highest BCUT2D eigenvalue weighted by Crippen LogP contribution is 2.32. The molecule has 1 aliphatic rings. The molecule has 0 radical (unpaired) electrons. The fourth-order valence-corrected chi connectivity index (χ4v) is 3.11. The van der Waals surface area contributed by atoms with E-state index in [1.165, 1.54) is 17.7 Å². The fourth-order valence-electron chi connectivity index (χ4n) is 3.11. The van der Waals surface area contributed by atoms with Gasteiger partial charge in [0.25, 0.3) is 0 Å². The molecular weight excluding hydrogens is 236 g/mol. The standard InChI is InChI=1S/C16H26N2O/c1-3-15(17-4-2)14-9-5-6-10-16(14)18-11-7-8-13(18)12-19/h5-6,9-10,13,15,17,19H,3-4,7-8,11-12H2,1-2H3. The van der Waals surface area contributed by atoms with Gasteiger partial charge in [0.1, 0.15) is 0 Å². The molecule has 1 aliphatic heterocycles. The summed E-state index contributed by atoms with van der Waals surface area (Å²) in [5.41, 5.74) is 2.67. The molecule has 0 spiro atoms. The van der Waals surface area contributed by atoms with E-state index in [1.54, 1.807) is 0 Å². The van der Waals surface area contributed by atoms with Crippen LogP contribution in [0.15, 0.2) is 24.3 Å². The Bertz CT molecular complexity index is 394. The van der Waals surface area contributed by atoms with Gasteiger partial charge in [-0.1, -0.05) is 32.0 Å². The maximum absolute atomic E-state index is 9.53. The summed E-state index contributed by atoms with van der Waals surface area (Å²) in [5, 5.41) is 13.1. The van der Waals surface area contributed by atoms with Crippen molar-refractivity contribution < 1.29 is 5.11 Å². The Labute approximate surface area is 116 Å². The van der Waals surface area contributed by atoms with Crippen LogP contribution in [0.3, 0.4) is 0 Å². The Morgan fingerprint density at radius 3 is 2.84 bits per heavy atom. The first-order valence-corrected chi connectivity index (χ1v) is 7.51. The lowest BCUT2D eigenvalue weighted by Gasteiger charge is -2.30. The normalized spacial score (nSPS) is 20.8.